The van der Waals surface area contributed by atoms with Crippen molar-refractivity contribution < 1.29 is 13.6 Å². The van der Waals surface area contributed by atoms with Gasteiger partial charge in [-0.1, -0.05) is 35.9 Å². The summed E-state index contributed by atoms with van der Waals surface area (Å²) >= 11 is 5.90. The van der Waals surface area contributed by atoms with E-state index in [1.165, 1.54) is 6.07 Å². The summed E-state index contributed by atoms with van der Waals surface area (Å²) < 4.78 is 21.0. The second-order valence-corrected chi connectivity index (χ2v) is 6.56. The van der Waals surface area contributed by atoms with Gasteiger partial charge >= 0.3 is 0 Å². The topological polar surface area (TPSA) is 60.1 Å². The SMILES string of the molecule is Cc1c(C(=O)Nc2ccnn2Cc2ccc(Cl)cc2)oc2c(F)cccc12. The van der Waals surface area contributed by atoms with E-state index in [0.29, 0.717) is 28.3 Å². The highest BCUT2D eigenvalue weighted by molar-refractivity contribution is 6.30. The summed E-state index contributed by atoms with van der Waals surface area (Å²) in [5, 5.41) is 8.25. The first-order chi connectivity index (χ1) is 13.0. The molecule has 4 aromatic rings. The number of hydrogen-bond acceptors (Lipinski definition) is 3. The number of furan rings is 1. The number of amides is 1. The van der Waals surface area contributed by atoms with E-state index < -0.39 is 11.7 Å². The molecule has 1 amide bonds. The molecular weight excluding hydrogens is 369 g/mol. The van der Waals surface area contributed by atoms with Crippen molar-refractivity contribution in [1.82, 2.24) is 9.78 Å². The Labute approximate surface area is 159 Å². The predicted molar refractivity (Wildman–Crippen MR) is 102 cm³/mol. The number of benzene rings is 2. The summed E-state index contributed by atoms with van der Waals surface area (Å²) in [6.07, 6.45) is 1.59. The molecule has 0 bridgehead atoms. The van der Waals surface area contributed by atoms with Gasteiger partial charge in [0.1, 0.15) is 5.82 Å². The van der Waals surface area contributed by atoms with Crippen molar-refractivity contribution in [2.45, 2.75) is 13.5 Å². The van der Waals surface area contributed by atoms with Crippen molar-refractivity contribution in [2.24, 2.45) is 0 Å². The first kappa shape index (κ1) is 17.3. The van der Waals surface area contributed by atoms with Crippen LogP contribution in [0.25, 0.3) is 11.0 Å². The summed E-state index contributed by atoms with van der Waals surface area (Å²) in [6, 6.07) is 13.7. The lowest BCUT2D eigenvalue weighted by Gasteiger charge is -2.09. The van der Waals surface area contributed by atoms with Crippen molar-refractivity contribution in [3.63, 3.8) is 0 Å². The highest BCUT2D eigenvalue weighted by Gasteiger charge is 2.20. The Bertz CT molecular complexity index is 1130. The van der Waals surface area contributed by atoms with Crippen LogP contribution in [0.2, 0.25) is 5.02 Å². The molecule has 0 radical (unpaired) electrons. The summed E-state index contributed by atoms with van der Waals surface area (Å²) in [7, 11) is 0. The minimum Gasteiger partial charge on any atom is -0.448 e. The van der Waals surface area contributed by atoms with Gasteiger partial charge in [-0.05, 0) is 30.7 Å². The maximum absolute atomic E-state index is 13.9. The first-order valence-electron chi connectivity index (χ1n) is 8.28. The highest BCUT2D eigenvalue weighted by atomic mass is 35.5. The lowest BCUT2D eigenvalue weighted by atomic mass is 10.1. The van der Waals surface area contributed by atoms with Crippen LogP contribution in [-0.2, 0) is 6.54 Å². The maximum atomic E-state index is 13.9. The quantitative estimate of drug-likeness (QED) is 0.537. The summed E-state index contributed by atoms with van der Waals surface area (Å²) in [5.41, 5.74) is 1.65. The van der Waals surface area contributed by atoms with E-state index in [1.54, 1.807) is 48.1 Å². The molecule has 0 aliphatic carbocycles. The molecular formula is C20H15ClFN3O2. The Hall–Kier alpha value is -3.12. The molecule has 0 atom stereocenters. The molecule has 1 N–H and O–H groups in total. The van der Waals surface area contributed by atoms with Crippen molar-refractivity contribution in [3.05, 3.63) is 82.5 Å². The third kappa shape index (κ3) is 3.31. The Balaban J connectivity index is 1.59. The van der Waals surface area contributed by atoms with Crippen molar-refractivity contribution in [3.8, 4) is 0 Å². The number of rotatable bonds is 4. The molecule has 0 fully saturated rings. The number of halogens is 2. The summed E-state index contributed by atoms with van der Waals surface area (Å²) in [4.78, 5) is 12.7. The van der Waals surface area contributed by atoms with Gasteiger partial charge in [0.2, 0.25) is 0 Å². The number of para-hydroxylation sites is 1. The lowest BCUT2D eigenvalue weighted by Crippen LogP contribution is -2.16. The number of nitrogens with one attached hydrogen (secondary N) is 1. The van der Waals surface area contributed by atoms with Crippen molar-refractivity contribution >= 4 is 34.3 Å². The Morgan fingerprint density at radius 3 is 2.74 bits per heavy atom. The zero-order valence-corrected chi connectivity index (χ0v) is 15.1. The van der Waals surface area contributed by atoms with Gasteiger partial charge in [0.25, 0.3) is 5.91 Å². The van der Waals surface area contributed by atoms with E-state index in [4.69, 9.17) is 16.0 Å². The van der Waals surface area contributed by atoms with Gasteiger partial charge in [-0.2, -0.15) is 5.10 Å². The van der Waals surface area contributed by atoms with E-state index in [2.05, 4.69) is 10.4 Å². The van der Waals surface area contributed by atoms with Crippen LogP contribution in [-0.4, -0.2) is 15.7 Å². The molecule has 7 heteroatoms. The van der Waals surface area contributed by atoms with Gasteiger partial charge in [0, 0.05) is 22.0 Å². The number of hydrogen-bond donors (Lipinski definition) is 1. The van der Waals surface area contributed by atoms with Crippen molar-refractivity contribution in [1.29, 1.82) is 0 Å². The van der Waals surface area contributed by atoms with Gasteiger partial charge < -0.3 is 9.73 Å². The predicted octanol–water partition coefficient (Wildman–Crippen LogP) is 5.03. The van der Waals surface area contributed by atoms with Crippen LogP contribution in [0.4, 0.5) is 10.2 Å². The van der Waals surface area contributed by atoms with Gasteiger partial charge in [-0.15, -0.1) is 0 Å². The standard InChI is InChI=1S/C20H15ClFN3O2/c1-12-15-3-2-4-16(22)19(15)27-18(12)20(26)24-17-9-10-23-25(17)11-13-5-7-14(21)8-6-13/h2-10H,11H2,1H3,(H,24,26). The van der Waals surface area contributed by atoms with E-state index in [1.807, 2.05) is 12.1 Å². The molecule has 0 saturated carbocycles. The molecule has 2 heterocycles. The van der Waals surface area contributed by atoms with Crippen LogP contribution >= 0.6 is 11.6 Å². The largest absolute Gasteiger partial charge is 0.448 e. The Morgan fingerprint density at radius 2 is 2.00 bits per heavy atom. The fraction of sp³-hybridized carbons (Fsp3) is 0.100. The number of carbonyl (C=O) groups is 1. The molecule has 5 nitrogen and oxygen atoms in total. The second-order valence-electron chi connectivity index (χ2n) is 6.13. The maximum Gasteiger partial charge on any atom is 0.292 e. The third-order valence-electron chi connectivity index (χ3n) is 4.33. The highest BCUT2D eigenvalue weighted by Crippen LogP contribution is 2.28. The van der Waals surface area contributed by atoms with E-state index in [9.17, 15) is 9.18 Å². The van der Waals surface area contributed by atoms with Gasteiger partial charge in [-0.25, -0.2) is 9.07 Å². The molecule has 0 unspecified atom stereocenters. The molecule has 27 heavy (non-hydrogen) atoms. The minimum atomic E-state index is -0.498. The first-order valence-corrected chi connectivity index (χ1v) is 8.66. The zero-order valence-electron chi connectivity index (χ0n) is 14.4. The molecule has 0 spiro atoms. The van der Waals surface area contributed by atoms with Crippen LogP contribution in [0.5, 0.6) is 0 Å². The zero-order chi connectivity index (χ0) is 19.0. The third-order valence-corrected chi connectivity index (χ3v) is 4.58. The smallest absolute Gasteiger partial charge is 0.292 e. The van der Waals surface area contributed by atoms with Gasteiger partial charge in [0.15, 0.2) is 17.2 Å². The van der Waals surface area contributed by atoms with Crippen LogP contribution in [0.15, 0.2) is 59.1 Å². The van der Waals surface area contributed by atoms with Crippen LogP contribution in [0.3, 0.4) is 0 Å². The fourth-order valence-electron chi connectivity index (χ4n) is 2.93. The number of nitrogens with zero attached hydrogens (tertiary/aromatic N) is 2. The van der Waals surface area contributed by atoms with E-state index >= 15 is 0 Å². The molecule has 2 aromatic heterocycles. The summed E-state index contributed by atoms with van der Waals surface area (Å²) in [6.45, 7) is 2.19. The number of anilines is 1. The molecule has 0 aliphatic rings. The molecule has 4 rings (SSSR count). The van der Waals surface area contributed by atoms with E-state index in [0.717, 1.165) is 5.56 Å². The van der Waals surface area contributed by atoms with E-state index in [-0.39, 0.29) is 11.3 Å². The van der Waals surface area contributed by atoms with Crippen LogP contribution < -0.4 is 5.32 Å². The normalized spacial score (nSPS) is 11.1. The average Bonchev–Trinajstić information content (AvgIpc) is 3.22. The minimum absolute atomic E-state index is 0.0781. The van der Waals surface area contributed by atoms with Crippen LogP contribution in [0, 0.1) is 12.7 Å². The molecule has 0 saturated heterocycles. The molecule has 136 valence electrons. The summed E-state index contributed by atoms with van der Waals surface area (Å²) in [5.74, 6) is -0.368. The number of aryl methyl sites for hydroxylation is 1. The monoisotopic (exact) mass is 383 g/mol. The molecule has 2 aromatic carbocycles. The second kappa shape index (κ2) is 6.89. The fourth-order valence-corrected chi connectivity index (χ4v) is 3.05. The Kier molecular flexibility index (Phi) is 4.41. The Morgan fingerprint density at radius 1 is 1.22 bits per heavy atom. The van der Waals surface area contributed by atoms with Gasteiger partial charge in [-0.3, -0.25) is 4.79 Å². The number of aromatic nitrogens is 2. The van der Waals surface area contributed by atoms with Gasteiger partial charge in [0.05, 0.1) is 12.7 Å². The lowest BCUT2D eigenvalue weighted by molar-refractivity contribution is 0.0996. The number of carbonyl (C=O) groups excluding carboxylic acids is 1. The number of fused-ring (bicyclic) bond motifs is 1. The van der Waals surface area contributed by atoms with Crippen LogP contribution in [0.1, 0.15) is 21.7 Å². The average molecular weight is 384 g/mol. The molecule has 0 aliphatic heterocycles. The van der Waals surface area contributed by atoms with Crippen molar-refractivity contribution in [2.75, 3.05) is 5.32 Å².